The Hall–Kier alpha value is 0.580. The molecule has 0 saturated carbocycles. The molecular weight excluding hydrogens is 134 g/mol. The molecule has 2 N–H and O–H groups in total. The van der Waals surface area contributed by atoms with Gasteiger partial charge in [0.25, 0.3) is 0 Å². The lowest BCUT2D eigenvalue weighted by molar-refractivity contribution is 0.371. The van der Waals surface area contributed by atoms with Crippen LogP contribution in [-0.2, 0) is 4.57 Å². The largest absolute Gasteiger partial charge is 0.332 e. The third kappa shape index (κ3) is 3.19. The van der Waals surface area contributed by atoms with E-state index in [9.17, 15) is 4.57 Å². The molecule has 0 radical (unpaired) electrons. The van der Waals surface area contributed by atoms with Crippen LogP contribution in [0.4, 0.5) is 0 Å². The second-order valence-electron chi connectivity index (χ2n) is 1.33. The highest BCUT2D eigenvalue weighted by Gasteiger charge is 2.17. The minimum Gasteiger partial charge on any atom is -0.324 e. The number of rotatable bonds is 1. The Morgan fingerprint density at radius 1 is 1.71 bits per heavy atom. The van der Waals surface area contributed by atoms with Crippen molar-refractivity contribution in [1.29, 1.82) is 0 Å². The van der Waals surface area contributed by atoms with Crippen LogP contribution in [-0.4, -0.2) is 15.2 Å². The summed E-state index contributed by atoms with van der Waals surface area (Å²) in [6, 6.07) is 0. The Kier molecular flexibility index (Phi) is 2.42. The smallest absolute Gasteiger partial charge is 0.324 e. The lowest BCUT2D eigenvalue weighted by Gasteiger charge is -2.04. The minimum absolute atomic E-state index is 0.618. The van der Waals surface area contributed by atoms with Crippen molar-refractivity contribution in [2.75, 3.05) is 0 Å². The zero-order chi connectivity index (χ0) is 6.08. The molecule has 7 heavy (non-hydrogen) atoms. The van der Waals surface area contributed by atoms with Crippen LogP contribution in [0.5, 0.6) is 0 Å². The van der Waals surface area contributed by atoms with E-state index < -0.39 is 13.0 Å². The first-order valence-corrected chi connectivity index (χ1v) is 4.10. The topological polar surface area (TPSA) is 57.5 Å². The van der Waals surface area contributed by atoms with Crippen LogP contribution in [0.3, 0.4) is 0 Å². The van der Waals surface area contributed by atoms with Gasteiger partial charge in [-0.1, -0.05) is 0 Å². The minimum atomic E-state index is -3.77. The van der Waals surface area contributed by atoms with Crippen molar-refractivity contribution in [3.63, 3.8) is 0 Å². The van der Waals surface area contributed by atoms with Crippen LogP contribution < -0.4 is 0 Å². The van der Waals surface area contributed by atoms with Gasteiger partial charge in [-0.2, -0.15) is 0 Å². The highest BCUT2D eigenvalue weighted by Crippen LogP contribution is 2.43. The molecule has 0 bridgehead atoms. The van der Waals surface area contributed by atoms with Gasteiger partial charge in [0.15, 0.2) is 0 Å². The fourth-order valence-electron chi connectivity index (χ4n) is 0. The Balaban J connectivity index is 3.80. The molecule has 0 aromatic carbocycles. The fourth-order valence-corrected chi connectivity index (χ4v) is 0. The van der Waals surface area contributed by atoms with Gasteiger partial charge in [-0.25, -0.2) is 0 Å². The maximum atomic E-state index is 10.0. The third-order valence-corrected chi connectivity index (χ3v) is 2.76. The molecule has 0 amide bonds. The summed E-state index contributed by atoms with van der Waals surface area (Å²) in [5.41, 5.74) is 0. The number of hydrogen-bond donors (Lipinski definition) is 2. The summed E-state index contributed by atoms with van der Waals surface area (Å²) >= 11 is 0. The standard InChI is InChI=1S/C2H8O3P2/c1-2(6)7(3,4)5/h2H,6H2,1H3,(H2,3,4,5). The van der Waals surface area contributed by atoms with E-state index in [1.54, 1.807) is 0 Å². The predicted octanol–water partition coefficient (Wildman–Crippen LogP) is 0.385. The van der Waals surface area contributed by atoms with E-state index in [4.69, 9.17) is 9.79 Å². The maximum absolute atomic E-state index is 10.0. The SMILES string of the molecule is CC(P)P(=O)(O)O. The third-order valence-electron chi connectivity index (χ3n) is 0.531. The summed E-state index contributed by atoms with van der Waals surface area (Å²) in [6.45, 7) is 1.45. The van der Waals surface area contributed by atoms with Crippen molar-refractivity contribution in [2.45, 2.75) is 12.3 Å². The van der Waals surface area contributed by atoms with Crippen molar-refractivity contribution in [3.8, 4) is 0 Å². The van der Waals surface area contributed by atoms with Crippen LogP contribution in [0.25, 0.3) is 0 Å². The highest BCUT2D eigenvalue weighted by atomic mass is 31.2. The van der Waals surface area contributed by atoms with Crippen molar-refractivity contribution >= 4 is 16.8 Å². The Morgan fingerprint density at radius 3 is 1.86 bits per heavy atom. The lowest BCUT2D eigenvalue weighted by Crippen LogP contribution is -1.89. The molecule has 5 heteroatoms. The first-order valence-electron chi connectivity index (χ1n) is 1.75. The van der Waals surface area contributed by atoms with E-state index in [2.05, 4.69) is 0 Å². The van der Waals surface area contributed by atoms with Gasteiger partial charge in [-0.15, -0.1) is 9.24 Å². The van der Waals surface area contributed by atoms with E-state index in [0.717, 1.165) is 0 Å². The summed E-state index contributed by atoms with van der Waals surface area (Å²) in [6.07, 6.45) is 0. The highest BCUT2D eigenvalue weighted by molar-refractivity contribution is 7.60. The second kappa shape index (κ2) is 2.23. The molecule has 2 unspecified atom stereocenters. The molecular formula is C2H8O3P2. The molecule has 0 fully saturated rings. The molecule has 0 spiro atoms. The van der Waals surface area contributed by atoms with Crippen molar-refractivity contribution in [3.05, 3.63) is 0 Å². The van der Waals surface area contributed by atoms with Crippen molar-refractivity contribution < 1.29 is 14.4 Å². The zero-order valence-corrected chi connectivity index (χ0v) is 5.95. The molecule has 3 nitrogen and oxygen atoms in total. The molecule has 0 saturated heterocycles. The van der Waals surface area contributed by atoms with Gasteiger partial charge in [0.05, 0.1) is 5.40 Å². The van der Waals surface area contributed by atoms with E-state index in [-0.39, 0.29) is 0 Å². The molecule has 2 atom stereocenters. The van der Waals surface area contributed by atoms with Gasteiger partial charge < -0.3 is 9.79 Å². The van der Waals surface area contributed by atoms with E-state index in [0.29, 0.717) is 0 Å². The molecule has 0 aromatic heterocycles. The van der Waals surface area contributed by atoms with Gasteiger partial charge in [-0.3, -0.25) is 4.57 Å². The quantitative estimate of drug-likeness (QED) is 0.520. The van der Waals surface area contributed by atoms with Gasteiger partial charge >= 0.3 is 7.60 Å². The van der Waals surface area contributed by atoms with E-state index in [1.807, 2.05) is 9.24 Å². The van der Waals surface area contributed by atoms with Crippen LogP contribution in [0.1, 0.15) is 6.92 Å². The average Bonchev–Trinajstić information content (AvgIpc) is 1.31. The second-order valence-corrected chi connectivity index (χ2v) is 4.88. The van der Waals surface area contributed by atoms with Crippen LogP contribution in [0.15, 0.2) is 0 Å². The van der Waals surface area contributed by atoms with Crippen LogP contribution in [0.2, 0.25) is 0 Å². The first-order chi connectivity index (χ1) is 2.94. The van der Waals surface area contributed by atoms with E-state index >= 15 is 0 Å². The molecule has 0 aliphatic rings. The fraction of sp³-hybridized carbons (Fsp3) is 1.00. The van der Waals surface area contributed by atoms with Gasteiger partial charge in [0.2, 0.25) is 0 Å². The normalized spacial score (nSPS) is 16.6. The maximum Gasteiger partial charge on any atom is 0.332 e. The molecule has 0 heterocycles. The van der Waals surface area contributed by atoms with Crippen molar-refractivity contribution in [1.82, 2.24) is 0 Å². The van der Waals surface area contributed by atoms with Crippen LogP contribution in [0, 0.1) is 0 Å². The van der Waals surface area contributed by atoms with E-state index in [1.165, 1.54) is 6.92 Å². The summed E-state index contributed by atoms with van der Waals surface area (Å²) in [5, 5.41) is -0.618. The summed E-state index contributed by atoms with van der Waals surface area (Å²) in [7, 11) is -1.73. The molecule has 0 rings (SSSR count). The monoisotopic (exact) mass is 142 g/mol. The molecule has 0 aliphatic carbocycles. The van der Waals surface area contributed by atoms with Gasteiger partial charge in [0, 0.05) is 0 Å². The summed E-state index contributed by atoms with van der Waals surface area (Å²) in [4.78, 5) is 16.4. The zero-order valence-electron chi connectivity index (χ0n) is 3.90. The van der Waals surface area contributed by atoms with Crippen LogP contribution >= 0.6 is 16.8 Å². The molecule has 0 aromatic rings. The summed E-state index contributed by atoms with van der Waals surface area (Å²) in [5.74, 6) is 0. The molecule has 0 aliphatic heterocycles. The lowest BCUT2D eigenvalue weighted by atomic mass is 11.0. The van der Waals surface area contributed by atoms with Gasteiger partial charge in [-0.05, 0) is 6.92 Å². The Labute approximate surface area is 44.5 Å². The average molecular weight is 142 g/mol. The van der Waals surface area contributed by atoms with Gasteiger partial charge in [0.1, 0.15) is 0 Å². The number of hydrogen-bond acceptors (Lipinski definition) is 1. The summed E-state index contributed by atoms with van der Waals surface area (Å²) < 4.78 is 10.0. The first kappa shape index (κ1) is 7.58. The Morgan fingerprint density at radius 2 is 1.86 bits per heavy atom. The Bertz CT molecular complexity index is 93.1. The van der Waals surface area contributed by atoms with Crippen molar-refractivity contribution in [2.24, 2.45) is 0 Å². The molecule has 44 valence electrons. The predicted molar refractivity (Wildman–Crippen MR) is 31.2 cm³/mol.